The number of Topliss-reactive ketones (excluding diaryl/α,β-unsaturated/α-hetero) is 1. The van der Waals surface area contributed by atoms with Crippen LogP contribution in [-0.2, 0) is 0 Å². The summed E-state index contributed by atoms with van der Waals surface area (Å²) in [5, 5.41) is 0.0355. The third-order valence-corrected chi connectivity index (χ3v) is 4.23. The van der Waals surface area contributed by atoms with Crippen molar-refractivity contribution >= 4 is 34.1 Å². The van der Waals surface area contributed by atoms with Crippen molar-refractivity contribution in [2.75, 3.05) is 0 Å². The average molecular weight is 338 g/mol. The number of imidazole rings is 1. The second-order valence-electron chi connectivity index (χ2n) is 5.78. The Morgan fingerprint density at radius 3 is 2.83 bits per heavy atom. The minimum absolute atomic E-state index is 0.0355. The number of rotatable bonds is 3. The average Bonchev–Trinajstić information content (AvgIpc) is 3.34. The smallest absolute Gasteiger partial charge is 0.223 e. The predicted octanol–water partition coefficient (Wildman–Crippen LogP) is 4.23. The van der Waals surface area contributed by atoms with Crippen LogP contribution in [0.1, 0.15) is 36.3 Å². The lowest BCUT2D eigenvalue weighted by atomic mass is 10.1. The first-order valence-electron chi connectivity index (χ1n) is 7.52. The molecule has 1 fully saturated rings. The van der Waals surface area contributed by atoms with Gasteiger partial charge in [0.05, 0.1) is 23.2 Å². The van der Waals surface area contributed by atoms with Crippen LogP contribution in [0.4, 0.5) is 5.69 Å². The second kappa shape index (κ2) is 5.39. The largest absolute Gasteiger partial charge is 0.322 e. The molecule has 0 amide bonds. The monoisotopic (exact) mass is 337 g/mol. The van der Waals surface area contributed by atoms with Crippen LogP contribution in [0.5, 0.6) is 0 Å². The van der Waals surface area contributed by atoms with Gasteiger partial charge >= 0.3 is 0 Å². The summed E-state index contributed by atoms with van der Waals surface area (Å²) in [5.41, 5.74) is 3.08. The van der Waals surface area contributed by atoms with Crippen molar-refractivity contribution in [2.24, 2.45) is 0 Å². The van der Waals surface area contributed by atoms with Crippen molar-refractivity contribution in [3.8, 4) is 11.4 Å². The van der Waals surface area contributed by atoms with Crippen molar-refractivity contribution in [3.63, 3.8) is 0 Å². The predicted molar refractivity (Wildman–Crippen MR) is 90.3 cm³/mol. The molecular weight excluding hydrogens is 326 g/mol. The summed E-state index contributed by atoms with van der Waals surface area (Å²) in [7, 11) is 0. The fraction of sp³-hybridized carbons (Fsp3) is 0.235. The van der Waals surface area contributed by atoms with Gasteiger partial charge in [-0.25, -0.2) is 19.8 Å². The Morgan fingerprint density at radius 2 is 2.17 bits per heavy atom. The molecule has 1 aliphatic carbocycles. The molecule has 1 saturated carbocycles. The van der Waals surface area contributed by atoms with Crippen LogP contribution >= 0.6 is 11.6 Å². The van der Waals surface area contributed by atoms with Crippen molar-refractivity contribution in [1.29, 1.82) is 0 Å². The highest BCUT2D eigenvalue weighted by Gasteiger charge is 2.30. The van der Waals surface area contributed by atoms with E-state index in [1.165, 1.54) is 6.92 Å². The summed E-state index contributed by atoms with van der Waals surface area (Å²) < 4.78 is 2.09. The number of halogens is 1. The van der Waals surface area contributed by atoms with Crippen LogP contribution < -0.4 is 0 Å². The molecule has 24 heavy (non-hydrogen) atoms. The quantitative estimate of drug-likeness (QED) is 0.407. The van der Waals surface area contributed by atoms with Crippen LogP contribution in [0.2, 0.25) is 5.28 Å². The lowest BCUT2D eigenvalue weighted by Gasteiger charge is -2.10. The second-order valence-corrected chi connectivity index (χ2v) is 6.12. The zero-order valence-corrected chi connectivity index (χ0v) is 13.6. The van der Waals surface area contributed by atoms with Crippen LogP contribution in [0.25, 0.3) is 27.3 Å². The normalized spacial score (nSPS) is 13.9. The molecule has 0 unspecified atom stereocenters. The van der Waals surface area contributed by atoms with Gasteiger partial charge in [0.2, 0.25) is 5.28 Å². The van der Waals surface area contributed by atoms with E-state index in [0.29, 0.717) is 23.1 Å². The topological polar surface area (TPSA) is 65.0 Å². The lowest BCUT2D eigenvalue weighted by molar-refractivity contribution is 0.101. The molecule has 0 saturated heterocycles. The minimum Gasteiger partial charge on any atom is -0.322 e. The fourth-order valence-corrected chi connectivity index (χ4v) is 2.97. The van der Waals surface area contributed by atoms with E-state index < -0.39 is 0 Å². The maximum Gasteiger partial charge on any atom is 0.223 e. The highest BCUT2D eigenvalue weighted by molar-refractivity contribution is 6.28. The summed E-state index contributed by atoms with van der Waals surface area (Å²) in [6, 6.07) is 5.73. The van der Waals surface area contributed by atoms with Gasteiger partial charge in [0.15, 0.2) is 11.5 Å². The van der Waals surface area contributed by atoms with Crippen LogP contribution in [0.3, 0.4) is 0 Å². The summed E-state index contributed by atoms with van der Waals surface area (Å²) in [6.45, 7) is 8.66. The number of fused-ring (bicyclic) bond motifs is 1. The molecule has 3 aromatic rings. The fourth-order valence-electron chi connectivity index (χ4n) is 2.84. The van der Waals surface area contributed by atoms with Crippen LogP contribution in [0, 0.1) is 6.57 Å². The Morgan fingerprint density at radius 1 is 1.38 bits per heavy atom. The van der Waals surface area contributed by atoms with E-state index in [-0.39, 0.29) is 16.8 Å². The third kappa shape index (κ3) is 2.34. The SMILES string of the molecule is [C-]#[N+]c1ccc2nc(-c3cnc(Cl)nc3C(C)=O)n(C3CC3)c2c1. The Balaban J connectivity index is 2.03. The van der Waals surface area contributed by atoms with Crippen LogP contribution in [-0.4, -0.2) is 25.3 Å². The van der Waals surface area contributed by atoms with Gasteiger partial charge in [-0.3, -0.25) is 4.79 Å². The number of benzene rings is 1. The maximum atomic E-state index is 12.0. The number of ketones is 1. The standard InChI is InChI=1S/C17H12ClN5O/c1-9(24)15-12(8-20-17(18)22-15)16-21-13-6-3-10(19-2)7-14(13)23(16)11-4-5-11/h3,6-8,11H,4-5H2,1H3. The van der Waals surface area contributed by atoms with Gasteiger partial charge in [0.25, 0.3) is 0 Å². The molecule has 6 nitrogen and oxygen atoms in total. The van der Waals surface area contributed by atoms with E-state index in [4.69, 9.17) is 18.2 Å². The molecule has 0 N–H and O–H groups in total. The van der Waals surface area contributed by atoms with E-state index in [1.807, 2.05) is 12.1 Å². The molecular formula is C17H12ClN5O. The first-order chi connectivity index (χ1) is 11.6. The lowest BCUT2D eigenvalue weighted by Crippen LogP contribution is -2.06. The molecule has 0 aliphatic heterocycles. The molecule has 2 aromatic heterocycles. The zero-order valence-electron chi connectivity index (χ0n) is 12.8. The number of nitrogens with zero attached hydrogens (tertiary/aromatic N) is 5. The number of carbonyl (C=O) groups excluding carboxylic acids is 1. The highest BCUT2D eigenvalue weighted by Crippen LogP contribution is 2.42. The molecule has 0 atom stereocenters. The van der Waals surface area contributed by atoms with E-state index in [2.05, 4.69) is 24.4 Å². The van der Waals surface area contributed by atoms with Gasteiger partial charge < -0.3 is 4.57 Å². The van der Waals surface area contributed by atoms with Gasteiger partial charge in [-0.15, -0.1) is 0 Å². The first-order valence-corrected chi connectivity index (χ1v) is 7.89. The molecule has 2 heterocycles. The van der Waals surface area contributed by atoms with E-state index >= 15 is 0 Å². The highest BCUT2D eigenvalue weighted by atomic mass is 35.5. The van der Waals surface area contributed by atoms with Gasteiger partial charge in [0, 0.05) is 19.2 Å². The molecule has 1 aliphatic rings. The summed E-state index contributed by atoms with van der Waals surface area (Å²) in [5.74, 6) is 0.460. The number of aromatic nitrogens is 4. The van der Waals surface area contributed by atoms with Crippen molar-refractivity contribution in [2.45, 2.75) is 25.8 Å². The van der Waals surface area contributed by atoms with Gasteiger partial charge in [-0.1, -0.05) is 6.07 Å². The van der Waals surface area contributed by atoms with E-state index in [9.17, 15) is 4.79 Å². The maximum absolute atomic E-state index is 12.0. The minimum atomic E-state index is -0.189. The van der Waals surface area contributed by atoms with Crippen molar-refractivity contribution < 1.29 is 4.79 Å². The molecule has 7 heteroatoms. The van der Waals surface area contributed by atoms with Crippen molar-refractivity contribution in [1.82, 2.24) is 19.5 Å². The molecule has 118 valence electrons. The van der Waals surface area contributed by atoms with Crippen LogP contribution in [0.15, 0.2) is 24.4 Å². The third-order valence-electron chi connectivity index (χ3n) is 4.05. The molecule has 1 aromatic carbocycles. The van der Waals surface area contributed by atoms with E-state index in [1.54, 1.807) is 12.3 Å². The van der Waals surface area contributed by atoms with Gasteiger partial charge in [-0.2, -0.15) is 0 Å². The molecule has 0 bridgehead atoms. The summed E-state index contributed by atoms with van der Waals surface area (Å²) in [4.78, 5) is 28.2. The Hall–Kier alpha value is -2.78. The molecule has 4 rings (SSSR count). The Labute approximate surface area is 142 Å². The van der Waals surface area contributed by atoms with Crippen molar-refractivity contribution in [3.05, 3.63) is 46.8 Å². The Bertz CT molecular complexity index is 1030. The van der Waals surface area contributed by atoms with E-state index in [0.717, 1.165) is 23.9 Å². The molecule has 0 spiro atoms. The Kier molecular flexibility index (Phi) is 3.32. The molecule has 0 radical (unpaired) electrons. The van der Waals surface area contributed by atoms with Gasteiger partial charge in [0.1, 0.15) is 11.5 Å². The number of carbonyl (C=O) groups is 1. The first kappa shape index (κ1) is 14.8. The zero-order chi connectivity index (χ0) is 16.8. The number of hydrogen-bond donors (Lipinski definition) is 0. The number of hydrogen-bond acceptors (Lipinski definition) is 4. The summed E-state index contributed by atoms with van der Waals surface area (Å²) >= 11 is 5.85. The summed E-state index contributed by atoms with van der Waals surface area (Å²) in [6.07, 6.45) is 3.64. The van der Waals surface area contributed by atoms with Gasteiger partial charge in [-0.05, 0) is 36.6 Å².